The highest BCUT2D eigenvalue weighted by atomic mass is 16.3. The molecule has 2 aliphatic carbocycles. The maximum atomic E-state index is 10.2. The quantitative estimate of drug-likeness (QED) is 0.632. The molecule has 0 N–H and O–H groups in total. The van der Waals surface area contributed by atoms with Gasteiger partial charge in [0.05, 0.1) is 13.1 Å². The molecular weight excluding hydrogens is 192 g/mol. The molecule has 0 aromatic carbocycles. The van der Waals surface area contributed by atoms with Crippen LogP contribution >= 0.6 is 0 Å². The van der Waals surface area contributed by atoms with E-state index in [0.717, 1.165) is 24.7 Å². The van der Waals surface area contributed by atoms with Gasteiger partial charge in [0.2, 0.25) is 0 Å². The van der Waals surface area contributed by atoms with E-state index < -0.39 is 0 Å². The van der Waals surface area contributed by atoms with Crippen LogP contribution in [0.4, 0.5) is 0 Å². The van der Waals surface area contributed by atoms with Crippen LogP contribution in [0.15, 0.2) is 10.4 Å². The highest BCUT2D eigenvalue weighted by molar-refractivity contribution is 5.00. The Morgan fingerprint density at radius 3 is 2.13 bits per heavy atom. The van der Waals surface area contributed by atoms with Crippen LogP contribution in [0.25, 0.3) is 0 Å². The van der Waals surface area contributed by atoms with E-state index in [1.807, 2.05) is 0 Å². The monoisotopic (exact) mass is 210 g/mol. The van der Waals surface area contributed by atoms with Crippen molar-refractivity contribution in [3.05, 3.63) is 9.81 Å². The molecule has 15 heavy (non-hydrogen) atoms. The Morgan fingerprint density at radius 1 is 1.07 bits per heavy atom. The molecule has 0 aromatic rings. The Hall–Kier alpha value is -0.800. The summed E-state index contributed by atoms with van der Waals surface area (Å²) in [4.78, 5) is 20.5. The van der Waals surface area contributed by atoms with Gasteiger partial charge in [0, 0.05) is 0 Å². The minimum Gasteiger partial charge on any atom is -0.151 e. The second-order valence-corrected chi connectivity index (χ2v) is 5.15. The van der Waals surface area contributed by atoms with Gasteiger partial charge < -0.3 is 0 Å². The lowest BCUT2D eigenvalue weighted by Crippen LogP contribution is -2.29. The molecule has 2 atom stereocenters. The maximum absolute atomic E-state index is 10.2. The Bertz CT molecular complexity index is 243. The largest absolute Gasteiger partial charge is 0.151 e. The minimum atomic E-state index is 0.227. The van der Waals surface area contributed by atoms with Gasteiger partial charge in [-0.1, -0.05) is 16.8 Å². The van der Waals surface area contributed by atoms with E-state index in [4.69, 9.17) is 0 Å². The van der Waals surface area contributed by atoms with Crippen LogP contribution in [0.2, 0.25) is 0 Å². The van der Waals surface area contributed by atoms with Gasteiger partial charge in [-0.05, 0) is 49.4 Å². The zero-order valence-electron chi connectivity index (χ0n) is 9.02. The predicted octanol–water partition coefficient (Wildman–Crippen LogP) is 3.11. The van der Waals surface area contributed by atoms with Crippen LogP contribution < -0.4 is 0 Å². The van der Waals surface area contributed by atoms with Gasteiger partial charge in [0.1, 0.15) is 0 Å². The van der Waals surface area contributed by atoms with E-state index in [-0.39, 0.29) is 5.41 Å². The average Bonchev–Trinajstić information content (AvgIpc) is 2.84. The number of nitroso groups, excluding NO2 is 2. The van der Waals surface area contributed by atoms with Crippen molar-refractivity contribution in [2.75, 3.05) is 13.1 Å². The van der Waals surface area contributed by atoms with Gasteiger partial charge in [0.15, 0.2) is 0 Å². The number of fused-ring (bicyclic) bond motifs is 2. The summed E-state index contributed by atoms with van der Waals surface area (Å²) in [6.07, 6.45) is 6.86. The maximum Gasteiger partial charge on any atom is 0.0816 e. The molecule has 4 heteroatoms. The summed E-state index contributed by atoms with van der Waals surface area (Å²) in [7, 11) is 0. The Labute approximate surface area is 89.8 Å². The number of hydrogen-bond acceptors (Lipinski definition) is 4. The molecule has 2 unspecified atom stereocenters. The first-order valence-electron chi connectivity index (χ1n) is 5.89. The molecule has 0 spiro atoms. The molecule has 0 aromatic heterocycles. The van der Waals surface area contributed by atoms with Crippen LogP contribution in [0, 0.1) is 27.1 Å². The average molecular weight is 210 g/mol. The minimum absolute atomic E-state index is 0.227. The lowest BCUT2D eigenvalue weighted by molar-refractivity contribution is 0.140. The Balaban J connectivity index is 2.01. The van der Waals surface area contributed by atoms with E-state index in [9.17, 15) is 9.81 Å². The van der Waals surface area contributed by atoms with E-state index in [0.29, 0.717) is 13.1 Å². The summed E-state index contributed by atoms with van der Waals surface area (Å²) in [6.45, 7) is 0.810. The summed E-state index contributed by atoms with van der Waals surface area (Å²) >= 11 is 0. The summed E-state index contributed by atoms with van der Waals surface area (Å²) < 4.78 is 0. The first-order valence-corrected chi connectivity index (χ1v) is 5.89. The summed E-state index contributed by atoms with van der Waals surface area (Å²) in [5.41, 5.74) is 0.227. The first kappa shape index (κ1) is 10.7. The van der Waals surface area contributed by atoms with E-state index >= 15 is 0 Å². The van der Waals surface area contributed by atoms with Crippen molar-refractivity contribution in [2.45, 2.75) is 38.5 Å². The van der Waals surface area contributed by atoms with Gasteiger partial charge in [-0.2, -0.15) is 9.81 Å². The SMILES string of the molecule is O=NCCC1(CCN=O)CC2CCC1C2. The standard InChI is InChI=1S/C11H18N2O2/c14-12-5-3-11(4-6-13-15)8-9-1-2-10(11)7-9/h9-10H,1-8H2. The van der Waals surface area contributed by atoms with E-state index in [1.54, 1.807) is 0 Å². The van der Waals surface area contributed by atoms with Crippen molar-refractivity contribution in [1.29, 1.82) is 0 Å². The molecule has 2 saturated carbocycles. The van der Waals surface area contributed by atoms with E-state index in [1.165, 1.54) is 25.7 Å². The van der Waals surface area contributed by atoms with Crippen molar-refractivity contribution in [2.24, 2.45) is 27.6 Å². The van der Waals surface area contributed by atoms with Crippen molar-refractivity contribution in [1.82, 2.24) is 0 Å². The topological polar surface area (TPSA) is 58.9 Å². The molecule has 2 fully saturated rings. The highest BCUT2D eigenvalue weighted by Gasteiger charge is 2.49. The molecule has 2 aliphatic rings. The number of rotatable bonds is 6. The van der Waals surface area contributed by atoms with Crippen molar-refractivity contribution in [3.63, 3.8) is 0 Å². The van der Waals surface area contributed by atoms with Crippen molar-refractivity contribution in [3.8, 4) is 0 Å². The second kappa shape index (κ2) is 4.37. The normalized spacial score (nSPS) is 31.7. The van der Waals surface area contributed by atoms with Gasteiger partial charge in [-0.25, -0.2) is 0 Å². The van der Waals surface area contributed by atoms with Crippen LogP contribution in [0.3, 0.4) is 0 Å². The summed E-state index contributed by atoms with van der Waals surface area (Å²) in [5.74, 6) is 1.57. The summed E-state index contributed by atoms with van der Waals surface area (Å²) in [6, 6.07) is 0. The van der Waals surface area contributed by atoms with E-state index in [2.05, 4.69) is 10.4 Å². The number of nitrogens with zero attached hydrogens (tertiary/aromatic N) is 2. The Kier molecular flexibility index (Phi) is 3.12. The van der Waals surface area contributed by atoms with Gasteiger partial charge in [-0.3, -0.25) is 0 Å². The predicted molar refractivity (Wildman–Crippen MR) is 58.4 cm³/mol. The molecule has 0 radical (unpaired) electrons. The fourth-order valence-corrected chi connectivity index (χ4v) is 3.83. The molecular formula is C11H18N2O2. The Morgan fingerprint density at radius 2 is 1.73 bits per heavy atom. The fraction of sp³-hybridized carbons (Fsp3) is 1.00. The zero-order chi connectivity index (χ0) is 10.7. The lowest BCUT2D eigenvalue weighted by atomic mass is 9.68. The third-order valence-corrected chi connectivity index (χ3v) is 4.50. The van der Waals surface area contributed by atoms with Crippen LogP contribution in [-0.4, -0.2) is 13.1 Å². The molecule has 4 nitrogen and oxygen atoms in total. The third-order valence-electron chi connectivity index (χ3n) is 4.50. The molecule has 0 aliphatic heterocycles. The molecule has 0 amide bonds. The van der Waals surface area contributed by atoms with Crippen LogP contribution in [0.1, 0.15) is 38.5 Å². The fourth-order valence-electron chi connectivity index (χ4n) is 3.83. The molecule has 2 rings (SSSR count). The third kappa shape index (κ3) is 1.94. The molecule has 2 bridgehead atoms. The smallest absolute Gasteiger partial charge is 0.0816 e. The first-order chi connectivity index (χ1) is 7.30. The second-order valence-electron chi connectivity index (χ2n) is 5.15. The lowest BCUT2D eigenvalue weighted by Gasteiger charge is -2.36. The van der Waals surface area contributed by atoms with Crippen molar-refractivity contribution >= 4 is 0 Å². The van der Waals surface area contributed by atoms with Gasteiger partial charge in [-0.15, -0.1) is 0 Å². The highest BCUT2D eigenvalue weighted by Crippen LogP contribution is 2.59. The van der Waals surface area contributed by atoms with Crippen molar-refractivity contribution < 1.29 is 0 Å². The van der Waals surface area contributed by atoms with Gasteiger partial charge in [0.25, 0.3) is 0 Å². The molecule has 0 saturated heterocycles. The van der Waals surface area contributed by atoms with Crippen LogP contribution in [-0.2, 0) is 0 Å². The molecule has 0 heterocycles. The van der Waals surface area contributed by atoms with Gasteiger partial charge >= 0.3 is 0 Å². The van der Waals surface area contributed by atoms with Crippen LogP contribution in [0.5, 0.6) is 0 Å². The molecule has 84 valence electrons. The number of hydrogen-bond donors (Lipinski definition) is 0. The zero-order valence-corrected chi connectivity index (χ0v) is 9.02. The summed E-state index contributed by atoms with van der Waals surface area (Å²) in [5, 5.41) is 5.95.